The zero-order valence-electron chi connectivity index (χ0n) is 12.1. The van der Waals surface area contributed by atoms with E-state index in [2.05, 4.69) is 43.0 Å². The lowest BCUT2D eigenvalue weighted by Gasteiger charge is -2.23. The Morgan fingerprint density at radius 3 is 2.11 bits per heavy atom. The normalized spacial score (nSPS) is 11.5. The van der Waals surface area contributed by atoms with Crippen molar-refractivity contribution in [2.45, 2.75) is 47.1 Å². The van der Waals surface area contributed by atoms with Crippen LogP contribution in [-0.2, 0) is 6.54 Å². The van der Waals surface area contributed by atoms with Gasteiger partial charge in [0, 0.05) is 25.0 Å². The fourth-order valence-electron chi connectivity index (χ4n) is 1.67. The van der Waals surface area contributed by atoms with Crippen molar-refractivity contribution in [3.63, 3.8) is 0 Å². The Bertz CT molecular complexity index is 322. The number of thiazole rings is 1. The van der Waals surface area contributed by atoms with E-state index in [9.17, 15) is 0 Å². The second-order valence-electron chi connectivity index (χ2n) is 5.68. The third-order valence-electron chi connectivity index (χ3n) is 2.97. The number of hydrogen-bond acceptors (Lipinski definition) is 4. The van der Waals surface area contributed by atoms with E-state index in [-0.39, 0.29) is 0 Å². The number of nitrogens with zero attached hydrogens (tertiary/aromatic N) is 2. The average molecular weight is 269 g/mol. The van der Waals surface area contributed by atoms with Crippen molar-refractivity contribution in [2.24, 2.45) is 17.6 Å². The van der Waals surface area contributed by atoms with Crippen LogP contribution in [0.15, 0.2) is 5.38 Å². The highest BCUT2D eigenvalue weighted by atomic mass is 32.1. The van der Waals surface area contributed by atoms with Crippen LogP contribution in [0.2, 0.25) is 0 Å². The maximum atomic E-state index is 5.63. The van der Waals surface area contributed by atoms with Crippen molar-refractivity contribution in [3.8, 4) is 0 Å². The minimum absolute atomic E-state index is 0.540. The van der Waals surface area contributed by atoms with Crippen LogP contribution in [0.1, 0.15) is 46.2 Å². The molecule has 0 aromatic carbocycles. The molecule has 0 spiro atoms. The summed E-state index contributed by atoms with van der Waals surface area (Å²) in [5.41, 5.74) is 6.64. The third kappa shape index (κ3) is 5.36. The van der Waals surface area contributed by atoms with Crippen LogP contribution in [0.5, 0.6) is 0 Å². The molecule has 104 valence electrons. The molecule has 3 nitrogen and oxygen atoms in total. The standard InChI is InChI=1S/C14H27N3S/c1-11(2)5-7-17(8-6-12(3)4)14-16-13(9-15)10-18-14/h10-12H,5-9,15H2,1-4H3. The predicted octanol–water partition coefficient (Wildman–Crippen LogP) is 3.50. The lowest BCUT2D eigenvalue weighted by molar-refractivity contribution is 0.534. The summed E-state index contributed by atoms with van der Waals surface area (Å²) < 4.78 is 0. The molecule has 0 atom stereocenters. The Labute approximate surface area is 115 Å². The van der Waals surface area contributed by atoms with E-state index >= 15 is 0 Å². The zero-order chi connectivity index (χ0) is 13.5. The molecule has 1 rings (SSSR count). The van der Waals surface area contributed by atoms with Crippen LogP contribution in [0.3, 0.4) is 0 Å². The summed E-state index contributed by atoms with van der Waals surface area (Å²) in [6.07, 6.45) is 2.44. The summed E-state index contributed by atoms with van der Waals surface area (Å²) in [6.45, 7) is 11.8. The maximum absolute atomic E-state index is 5.63. The summed E-state index contributed by atoms with van der Waals surface area (Å²) >= 11 is 1.72. The van der Waals surface area contributed by atoms with Gasteiger partial charge < -0.3 is 10.6 Å². The van der Waals surface area contributed by atoms with Crippen molar-refractivity contribution in [1.29, 1.82) is 0 Å². The summed E-state index contributed by atoms with van der Waals surface area (Å²) in [7, 11) is 0. The van der Waals surface area contributed by atoms with Crippen LogP contribution in [0.25, 0.3) is 0 Å². The minimum Gasteiger partial charge on any atom is -0.348 e. The molecule has 1 aromatic rings. The average Bonchev–Trinajstić information content (AvgIpc) is 2.77. The van der Waals surface area contributed by atoms with Gasteiger partial charge in [0.25, 0.3) is 0 Å². The van der Waals surface area contributed by atoms with E-state index in [4.69, 9.17) is 5.73 Å². The van der Waals surface area contributed by atoms with Crippen LogP contribution in [0, 0.1) is 11.8 Å². The van der Waals surface area contributed by atoms with Crippen LogP contribution in [-0.4, -0.2) is 18.1 Å². The molecule has 0 amide bonds. The Morgan fingerprint density at radius 1 is 1.17 bits per heavy atom. The smallest absolute Gasteiger partial charge is 0.185 e. The first kappa shape index (κ1) is 15.4. The number of hydrogen-bond donors (Lipinski definition) is 1. The van der Waals surface area contributed by atoms with Gasteiger partial charge in [-0.15, -0.1) is 11.3 Å². The van der Waals surface area contributed by atoms with Gasteiger partial charge in [0.15, 0.2) is 5.13 Å². The number of nitrogens with two attached hydrogens (primary N) is 1. The second-order valence-corrected chi connectivity index (χ2v) is 6.51. The minimum atomic E-state index is 0.540. The molecular formula is C14H27N3S. The van der Waals surface area contributed by atoms with E-state index in [0.29, 0.717) is 6.54 Å². The number of rotatable bonds is 8. The monoisotopic (exact) mass is 269 g/mol. The van der Waals surface area contributed by atoms with Gasteiger partial charge in [-0.1, -0.05) is 27.7 Å². The molecule has 2 N–H and O–H groups in total. The highest BCUT2D eigenvalue weighted by Gasteiger charge is 2.12. The molecule has 0 aliphatic carbocycles. The van der Waals surface area contributed by atoms with Gasteiger partial charge in [0.2, 0.25) is 0 Å². The summed E-state index contributed by atoms with van der Waals surface area (Å²) in [4.78, 5) is 7.02. The molecule has 0 aliphatic heterocycles. The molecule has 1 aromatic heterocycles. The Hall–Kier alpha value is -0.610. The molecule has 0 unspecified atom stereocenters. The van der Waals surface area contributed by atoms with Crippen molar-refractivity contribution in [1.82, 2.24) is 4.98 Å². The molecule has 0 fully saturated rings. The van der Waals surface area contributed by atoms with Gasteiger partial charge in [-0.3, -0.25) is 0 Å². The van der Waals surface area contributed by atoms with E-state index < -0.39 is 0 Å². The Kier molecular flexibility index (Phi) is 6.65. The molecule has 0 aliphatic rings. The highest BCUT2D eigenvalue weighted by Crippen LogP contribution is 2.22. The maximum Gasteiger partial charge on any atom is 0.185 e. The van der Waals surface area contributed by atoms with E-state index in [1.165, 1.54) is 12.8 Å². The molecular weight excluding hydrogens is 242 g/mol. The van der Waals surface area contributed by atoms with Gasteiger partial charge in [-0.05, 0) is 24.7 Å². The summed E-state index contributed by atoms with van der Waals surface area (Å²) in [5, 5.41) is 3.21. The molecule has 18 heavy (non-hydrogen) atoms. The first-order valence-electron chi connectivity index (χ1n) is 6.92. The SMILES string of the molecule is CC(C)CCN(CCC(C)C)c1nc(CN)cs1. The predicted molar refractivity (Wildman–Crippen MR) is 81.1 cm³/mol. The van der Waals surface area contributed by atoms with E-state index in [1.54, 1.807) is 11.3 Å². The topological polar surface area (TPSA) is 42.2 Å². The van der Waals surface area contributed by atoms with E-state index in [0.717, 1.165) is 35.8 Å². The lowest BCUT2D eigenvalue weighted by atomic mass is 10.1. The fourth-order valence-corrected chi connectivity index (χ4v) is 2.56. The second kappa shape index (κ2) is 7.74. The fraction of sp³-hybridized carbons (Fsp3) is 0.786. The van der Waals surface area contributed by atoms with Crippen molar-refractivity contribution in [3.05, 3.63) is 11.1 Å². The Balaban J connectivity index is 2.62. The number of aromatic nitrogens is 1. The van der Waals surface area contributed by atoms with Crippen LogP contribution < -0.4 is 10.6 Å². The van der Waals surface area contributed by atoms with Crippen molar-refractivity contribution in [2.75, 3.05) is 18.0 Å². The largest absolute Gasteiger partial charge is 0.348 e. The first-order chi connectivity index (χ1) is 8.52. The molecule has 0 saturated heterocycles. The molecule has 1 heterocycles. The van der Waals surface area contributed by atoms with Gasteiger partial charge in [-0.25, -0.2) is 4.98 Å². The van der Waals surface area contributed by atoms with Gasteiger partial charge in [0.1, 0.15) is 0 Å². The Morgan fingerprint density at radius 2 is 1.72 bits per heavy atom. The van der Waals surface area contributed by atoms with Crippen molar-refractivity contribution >= 4 is 16.5 Å². The number of anilines is 1. The van der Waals surface area contributed by atoms with E-state index in [1.807, 2.05) is 0 Å². The van der Waals surface area contributed by atoms with Crippen LogP contribution >= 0.6 is 11.3 Å². The molecule has 0 saturated carbocycles. The summed E-state index contributed by atoms with van der Waals surface area (Å²) in [5.74, 6) is 1.47. The van der Waals surface area contributed by atoms with Crippen LogP contribution in [0.4, 0.5) is 5.13 Å². The highest BCUT2D eigenvalue weighted by molar-refractivity contribution is 7.13. The zero-order valence-corrected chi connectivity index (χ0v) is 13.0. The first-order valence-corrected chi connectivity index (χ1v) is 7.80. The molecule has 0 bridgehead atoms. The molecule has 4 heteroatoms. The van der Waals surface area contributed by atoms with Gasteiger partial charge in [-0.2, -0.15) is 0 Å². The lowest BCUT2D eigenvalue weighted by Crippen LogP contribution is -2.27. The summed E-state index contributed by atoms with van der Waals surface area (Å²) in [6, 6.07) is 0. The quantitative estimate of drug-likeness (QED) is 0.785. The molecule has 0 radical (unpaired) electrons. The van der Waals surface area contributed by atoms with Crippen molar-refractivity contribution < 1.29 is 0 Å². The third-order valence-corrected chi connectivity index (χ3v) is 3.92. The van der Waals surface area contributed by atoms with Gasteiger partial charge >= 0.3 is 0 Å². The van der Waals surface area contributed by atoms with Gasteiger partial charge in [0.05, 0.1) is 5.69 Å².